The molecule has 0 atom stereocenters. The van der Waals surface area contributed by atoms with Gasteiger partial charge in [-0.2, -0.15) is 0 Å². The number of carbonyl (C=O) groups excluding carboxylic acids is 1. The van der Waals surface area contributed by atoms with Crippen LogP contribution in [0, 0.1) is 5.92 Å². The largest absolute Gasteiger partial charge is 0.352 e. The number of hydrogen-bond acceptors (Lipinski definition) is 1. The molecule has 1 N–H and O–H groups in total. The molecule has 0 radical (unpaired) electrons. The van der Waals surface area contributed by atoms with Gasteiger partial charge in [0.25, 0.3) is 5.91 Å². The first-order chi connectivity index (χ1) is 7.63. The van der Waals surface area contributed by atoms with E-state index in [2.05, 4.69) is 26.1 Å². The first-order valence-electron chi connectivity index (χ1n) is 6.00. The van der Waals surface area contributed by atoms with Gasteiger partial charge >= 0.3 is 0 Å². The molecule has 1 aromatic carbocycles. The quantitative estimate of drug-likeness (QED) is 0.810. The van der Waals surface area contributed by atoms with Gasteiger partial charge in [-0.05, 0) is 36.5 Å². The van der Waals surface area contributed by atoms with Crippen molar-refractivity contribution >= 4 is 5.91 Å². The molecule has 0 heterocycles. The maximum Gasteiger partial charge on any atom is 0.251 e. The summed E-state index contributed by atoms with van der Waals surface area (Å²) in [4.78, 5) is 11.7. The van der Waals surface area contributed by atoms with E-state index in [1.54, 1.807) is 0 Å². The van der Waals surface area contributed by atoms with Gasteiger partial charge < -0.3 is 5.32 Å². The van der Waals surface area contributed by atoms with Crippen LogP contribution in [-0.2, 0) is 6.42 Å². The fourth-order valence-electron chi connectivity index (χ4n) is 1.47. The fraction of sp³-hybridized carbons (Fsp3) is 0.500. The zero-order valence-electron chi connectivity index (χ0n) is 10.4. The average Bonchev–Trinajstić information content (AvgIpc) is 2.28. The summed E-state index contributed by atoms with van der Waals surface area (Å²) < 4.78 is 0. The van der Waals surface area contributed by atoms with Crippen molar-refractivity contribution in [2.24, 2.45) is 5.92 Å². The minimum atomic E-state index is 0.0308. The maximum absolute atomic E-state index is 11.7. The van der Waals surface area contributed by atoms with Gasteiger partial charge in [-0.15, -0.1) is 0 Å². The summed E-state index contributed by atoms with van der Waals surface area (Å²) in [7, 11) is 0. The SMILES string of the molecule is CCc1ccc(C(=O)NCCC(C)C)cc1. The minimum Gasteiger partial charge on any atom is -0.352 e. The molecule has 0 saturated carbocycles. The van der Waals surface area contributed by atoms with E-state index in [0.717, 1.165) is 24.9 Å². The predicted molar refractivity (Wildman–Crippen MR) is 67.6 cm³/mol. The topological polar surface area (TPSA) is 29.1 Å². The summed E-state index contributed by atoms with van der Waals surface area (Å²) in [6.45, 7) is 7.17. The van der Waals surface area contributed by atoms with Crippen molar-refractivity contribution < 1.29 is 4.79 Å². The molecule has 0 spiro atoms. The maximum atomic E-state index is 11.7. The third-order valence-corrected chi connectivity index (χ3v) is 2.63. The second-order valence-electron chi connectivity index (χ2n) is 4.49. The molecule has 0 saturated heterocycles. The molecular weight excluding hydrogens is 198 g/mol. The van der Waals surface area contributed by atoms with Crippen molar-refractivity contribution in [3.8, 4) is 0 Å². The Labute approximate surface area is 98.1 Å². The predicted octanol–water partition coefficient (Wildman–Crippen LogP) is 3.02. The Balaban J connectivity index is 2.46. The summed E-state index contributed by atoms with van der Waals surface area (Å²) >= 11 is 0. The average molecular weight is 219 g/mol. The third kappa shape index (κ3) is 4.05. The minimum absolute atomic E-state index is 0.0308. The van der Waals surface area contributed by atoms with Crippen molar-refractivity contribution in [2.75, 3.05) is 6.54 Å². The highest BCUT2D eigenvalue weighted by molar-refractivity contribution is 5.94. The van der Waals surface area contributed by atoms with Crippen LogP contribution < -0.4 is 5.32 Å². The first kappa shape index (κ1) is 12.8. The van der Waals surface area contributed by atoms with Crippen molar-refractivity contribution in [2.45, 2.75) is 33.6 Å². The van der Waals surface area contributed by atoms with Crippen LogP contribution in [0.5, 0.6) is 0 Å². The summed E-state index contributed by atoms with van der Waals surface area (Å²) in [5.41, 5.74) is 2.01. The van der Waals surface area contributed by atoms with Crippen LogP contribution >= 0.6 is 0 Å². The number of aryl methyl sites for hydroxylation is 1. The molecule has 2 nitrogen and oxygen atoms in total. The van der Waals surface area contributed by atoms with Gasteiger partial charge in [0.2, 0.25) is 0 Å². The first-order valence-corrected chi connectivity index (χ1v) is 6.00. The van der Waals surface area contributed by atoms with E-state index in [-0.39, 0.29) is 5.91 Å². The molecule has 0 bridgehead atoms. The van der Waals surface area contributed by atoms with E-state index >= 15 is 0 Å². The molecule has 16 heavy (non-hydrogen) atoms. The Kier molecular flexibility index (Phi) is 5.03. The smallest absolute Gasteiger partial charge is 0.251 e. The van der Waals surface area contributed by atoms with Crippen molar-refractivity contribution in [3.05, 3.63) is 35.4 Å². The van der Waals surface area contributed by atoms with Crippen LogP contribution in [0.3, 0.4) is 0 Å². The third-order valence-electron chi connectivity index (χ3n) is 2.63. The van der Waals surface area contributed by atoms with Gasteiger partial charge in [-0.1, -0.05) is 32.9 Å². The van der Waals surface area contributed by atoms with E-state index in [0.29, 0.717) is 5.92 Å². The van der Waals surface area contributed by atoms with Crippen LogP contribution in [-0.4, -0.2) is 12.5 Å². The Morgan fingerprint density at radius 2 is 1.88 bits per heavy atom. The Hall–Kier alpha value is -1.31. The zero-order valence-corrected chi connectivity index (χ0v) is 10.4. The van der Waals surface area contributed by atoms with E-state index in [9.17, 15) is 4.79 Å². The van der Waals surface area contributed by atoms with Crippen LogP contribution in [0.1, 0.15) is 43.1 Å². The van der Waals surface area contributed by atoms with Gasteiger partial charge in [0.15, 0.2) is 0 Å². The van der Waals surface area contributed by atoms with Gasteiger partial charge in [0.05, 0.1) is 0 Å². The molecule has 2 heteroatoms. The number of benzene rings is 1. The van der Waals surface area contributed by atoms with Gasteiger partial charge in [-0.25, -0.2) is 0 Å². The molecule has 0 aliphatic heterocycles. The van der Waals surface area contributed by atoms with Gasteiger partial charge in [0, 0.05) is 12.1 Å². The Morgan fingerprint density at radius 1 is 1.25 bits per heavy atom. The summed E-state index contributed by atoms with van der Waals surface area (Å²) in [5.74, 6) is 0.658. The molecule has 0 fully saturated rings. The highest BCUT2D eigenvalue weighted by Gasteiger charge is 2.04. The molecule has 88 valence electrons. The lowest BCUT2D eigenvalue weighted by atomic mass is 10.1. The Bertz CT molecular complexity index is 327. The van der Waals surface area contributed by atoms with Crippen LogP contribution in [0.2, 0.25) is 0 Å². The monoisotopic (exact) mass is 219 g/mol. The summed E-state index contributed by atoms with van der Waals surface area (Å²) in [6.07, 6.45) is 2.04. The molecule has 1 aromatic rings. The highest BCUT2D eigenvalue weighted by atomic mass is 16.1. The number of rotatable bonds is 5. The van der Waals surface area contributed by atoms with E-state index in [1.165, 1.54) is 5.56 Å². The normalized spacial score (nSPS) is 10.5. The van der Waals surface area contributed by atoms with Crippen molar-refractivity contribution in [1.82, 2.24) is 5.32 Å². The lowest BCUT2D eigenvalue weighted by Crippen LogP contribution is -2.25. The molecule has 0 aliphatic rings. The van der Waals surface area contributed by atoms with Gasteiger partial charge in [-0.3, -0.25) is 4.79 Å². The highest BCUT2D eigenvalue weighted by Crippen LogP contribution is 2.05. The summed E-state index contributed by atoms with van der Waals surface area (Å²) in [6, 6.07) is 7.81. The number of amides is 1. The Morgan fingerprint density at radius 3 is 2.38 bits per heavy atom. The molecule has 0 unspecified atom stereocenters. The van der Waals surface area contributed by atoms with Crippen LogP contribution in [0.4, 0.5) is 0 Å². The van der Waals surface area contributed by atoms with E-state index in [1.807, 2.05) is 24.3 Å². The van der Waals surface area contributed by atoms with Gasteiger partial charge in [0.1, 0.15) is 0 Å². The van der Waals surface area contributed by atoms with E-state index < -0.39 is 0 Å². The van der Waals surface area contributed by atoms with Crippen LogP contribution in [0.15, 0.2) is 24.3 Å². The van der Waals surface area contributed by atoms with Crippen molar-refractivity contribution in [1.29, 1.82) is 0 Å². The number of carbonyl (C=O) groups is 1. The molecule has 0 aliphatic carbocycles. The molecule has 1 rings (SSSR count). The van der Waals surface area contributed by atoms with Crippen molar-refractivity contribution in [3.63, 3.8) is 0 Å². The van der Waals surface area contributed by atoms with E-state index in [4.69, 9.17) is 0 Å². The molecule has 0 aromatic heterocycles. The summed E-state index contributed by atoms with van der Waals surface area (Å²) in [5, 5.41) is 2.93. The standard InChI is InChI=1S/C14H21NO/c1-4-12-5-7-13(8-6-12)14(16)15-10-9-11(2)3/h5-8,11H,4,9-10H2,1-3H3,(H,15,16). The number of nitrogens with one attached hydrogen (secondary N) is 1. The zero-order chi connectivity index (χ0) is 12.0. The second kappa shape index (κ2) is 6.31. The fourth-order valence-corrected chi connectivity index (χ4v) is 1.47. The molecule has 1 amide bonds. The lowest BCUT2D eigenvalue weighted by molar-refractivity contribution is 0.0952. The second-order valence-corrected chi connectivity index (χ2v) is 4.49. The lowest BCUT2D eigenvalue weighted by Gasteiger charge is -2.07. The molecular formula is C14H21NO. The van der Waals surface area contributed by atoms with Crippen LogP contribution in [0.25, 0.3) is 0 Å². The number of hydrogen-bond donors (Lipinski definition) is 1.